The molecule has 0 saturated carbocycles. The second kappa shape index (κ2) is 9.24. The number of furan rings is 1. The fourth-order valence-corrected chi connectivity index (χ4v) is 4.32. The first-order valence-electron chi connectivity index (χ1n) is 11.1. The van der Waals surface area contributed by atoms with Crippen molar-refractivity contribution in [3.05, 3.63) is 45.0 Å². The van der Waals surface area contributed by atoms with Gasteiger partial charge in [0.1, 0.15) is 30.0 Å². The number of amides is 1. The molecule has 3 aromatic rings. The van der Waals surface area contributed by atoms with E-state index in [0.717, 1.165) is 72.5 Å². The third-order valence-electron chi connectivity index (χ3n) is 6.41. The zero-order valence-corrected chi connectivity index (χ0v) is 18.6. The lowest BCUT2D eigenvalue weighted by molar-refractivity contribution is -0.908. The highest BCUT2D eigenvalue weighted by Crippen LogP contribution is 2.31. The molecule has 1 saturated heterocycles. The number of carbonyl (C=O) groups is 1. The van der Waals surface area contributed by atoms with Crippen LogP contribution in [0.2, 0.25) is 0 Å². The van der Waals surface area contributed by atoms with E-state index in [1.807, 2.05) is 26.8 Å². The molecule has 0 aliphatic carbocycles. The van der Waals surface area contributed by atoms with Gasteiger partial charge in [0.05, 0.1) is 19.8 Å². The lowest BCUT2D eigenvalue weighted by Gasteiger charge is -2.23. The molecule has 166 valence electrons. The summed E-state index contributed by atoms with van der Waals surface area (Å²) in [7, 11) is 0. The van der Waals surface area contributed by atoms with Crippen LogP contribution in [0.5, 0.6) is 0 Å². The topological polar surface area (TPSA) is 86.1 Å². The minimum atomic E-state index is -0.381. The van der Waals surface area contributed by atoms with Crippen molar-refractivity contribution in [1.82, 2.24) is 5.32 Å². The fraction of sp³-hybridized carbons (Fsp3) is 0.500. The molecule has 1 aromatic carbocycles. The maximum atomic E-state index is 12.6. The van der Waals surface area contributed by atoms with Gasteiger partial charge in [-0.2, -0.15) is 0 Å². The van der Waals surface area contributed by atoms with Crippen molar-refractivity contribution in [3.63, 3.8) is 0 Å². The lowest BCUT2D eigenvalue weighted by Crippen LogP contribution is -3.14. The Balaban J connectivity index is 1.39. The van der Waals surface area contributed by atoms with Crippen LogP contribution in [0.15, 0.2) is 25.8 Å². The Labute approximate surface area is 181 Å². The quantitative estimate of drug-likeness (QED) is 0.444. The van der Waals surface area contributed by atoms with Crippen molar-refractivity contribution >= 4 is 27.8 Å². The predicted octanol–water partition coefficient (Wildman–Crippen LogP) is 1.82. The smallest absolute Gasteiger partial charge is 0.339 e. The number of ether oxygens (including phenoxy) is 1. The average molecular weight is 428 g/mol. The first-order valence-corrected chi connectivity index (χ1v) is 11.1. The van der Waals surface area contributed by atoms with Gasteiger partial charge in [-0.1, -0.05) is 0 Å². The minimum Gasteiger partial charge on any atom is -0.461 e. The maximum Gasteiger partial charge on any atom is 0.339 e. The highest BCUT2D eigenvalue weighted by molar-refractivity contribution is 5.96. The summed E-state index contributed by atoms with van der Waals surface area (Å²) in [5.74, 6) is 0.824. The van der Waals surface area contributed by atoms with Crippen LogP contribution in [0.1, 0.15) is 35.3 Å². The first-order chi connectivity index (χ1) is 14.9. The lowest BCUT2D eigenvalue weighted by atomic mass is 10.0. The number of nitrogens with one attached hydrogen (secondary N) is 2. The number of aryl methyl sites for hydroxylation is 3. The van der Waals surface area contributed by atoms with Gasteiger partial charge in [-0.05, 0) is 44.4 Å². The van der Waals surface area contributed by atoms with Crippen LogP contribution < -0.4 is 15.8 Å². The van der Waals surface area contributed by atoms with Crippen LogP contribution in [0.25, 0.3) is 21.9 Å². The highest BCUT2D eigenvalue weighted by atomic mass is 16.5. The van der Waals surface area contributed by atoms with Crippen molar-refractivity contribution < 1.29 is 23.3 Å². The summed E-state index contributed by atoms with van der Waals surface area (Å²) >= 11 is 0. The van der Waals surface area contributed by atoms with Crippen molar-refractivity contribution in [2.75, 3.05) is 39.4 Å². The van der Waals surface area contributed by atoms with Gasteiger partial charge < -0.3 is 23.8 Å². The summed E-state index contributed by atoms with van der Waals surface area (Å²) in [4.78, 5) is 26.4. The van der Waals surface area contributed by atoms with E-state index < -0.39 is 0 Å². The van der Waals surface area contributed by atoms with E-state index >= 15 is 0 Å². The second-order valence-corrected chi connectivity index (χ2v) is 8.44. The van der Waals surface area contributed by atoms with Gasteiger partial charge in [-0.25, -0.2) is 4.79 Å². The standard InChI is InChI=1S/C24H30N2O5/c1-15-17(3)30-21-14-22-20(13-19(15)21)16(2)18(24(28)31-22)5-6-23(27)25-7-4-8-26-9-11-29-12-10-26/h13-14H,4-12H2,1-3H3,(H,25,27)/p+1. The Bertz CT molecular complexity index is 1150. The van der Waals surface area contributed by atoms with Gasteiger partial charge >= 0.3 is 5.63 Å². The summed E-state index contributed by atoms with van der Waals surface area (Å²) in [6.07, 6.45) is 1.58. The Morgan fingerprint density at radius 3 is 2.52 bits per heavy atom. The largest absolute Gasteiger partial charge is 0.461 e. The first kappa shape index (κ1) is 21.6. The summed E-state index contributed by atoms with van der Waals surface area (Å²) in [6, 6.07) is 3.80. The highest BCUT2D eigenvalue weighted by Gasteiger charge is 2.17. The van der Waals surface area contributed by atoms with Crippen molar-refractivity contribution in [3.8, 4) is 0 Å². The number of rotatable bonds is 7. The van der Waals surface area contributed by atoms with Gasteiger partial charge in [-0.3, -0.25) is 4.79 Å². The molecule has 0 bridgehead atoms. The van der Waals surface area contributed by atoms with Gasteiger partial charge in [0.15, 0.2) is 0 Å². The third-order valence-corrected chi connectivity index (χ3v) is 6.41. The number of fused-ring (bicyclic) bond motifs is 2. The van der Waals surface area contributed by atoms with Crippen LogP contribution >= 0.6 is 0 Å². The van der Waals surface area contributed by atoms with Gasteiger partial charge in [0.2, 0.25) is 5.91 Å². The summed E-state index contributed by atoms with van der Waals surface area (Å²) in [5, 5.41) is 4.88. The zero-order valence-electron chi connectivity index (χ0n) is 18.6. The Morgan fingerprint density at radius 1 is 1.03 bits per heavy atom. The number of hydrogen-bond acceptors (Lipinski definition) is 5. The predicted molar refractivity (Wildman–Crippen MR) is 119 cm³/mol. The third kappa shape index (κ3) is 4.67. The van der Waals surface area contributed by atoms with Crippen LogP contribution in [-0.2, 0) is 16.0 Å². The van der Waals surface area contributed by atoms with Crippen molar-refractivity contribution in [2.24, 2.45) is 0 Å². The Kier molecular flexibility index (Phi) is 6.43. The number of benzene rings is 1. The van der Waals surface area contributed by atoms with Crippen LogP contribution in [0.4, 0.5) is 0 Å². The fourth-order valence-electron chi connectivity index (χ4n) is 4.32. The summed E-state index contributed by atoms with van der Waals surface area (Å²) < 4.78 is 16.7. The van der Waals surface area contributed by atoms with Crippen LogP contribution in [0, 0.1) is 20.8 Å². The molecule has 2 N–H and O–H groups in total. The van der Waals surface area contributed by atoms with E-state index in [4.69, 9.17) is 13.6 Å². The van der Waals surface area contributed by atoms with E-state index in [9.17, 15) is 9.59 Å². The molecule has 7 nitrogen and oxygen atoms in total. The molecule has 1 fully saturated rings. The molecule has 1 aliphatic heterocycles. The molecule has 2 aromatic heterocycles. The molecule has 0 radical (unpaired) electrons. The van der Waals surface area contributed by atoms with Gasteiger partial charge in [0, 0.05) is 41.8 Å². The van der Waals surface area contributed by atoms with E-state index in [0.29, 0.717) is 24.1 Å². The van der Waals surface area contributed by atoms with Crippen molar-refractivity contribution in [1.29, 1.82) is 0 Å². The molecule has 1 aliphatic rings. The Hall–Kier alpha value is -2.64. The molecule has 0 spiro atoms. The van der Waals surface area contributed by atoms with E-state index in [2.05, 4.69) is 5.32 Å². The van der Waals surface area contributed by atoms with E-state index in [1.165, 1.54) is 4.90 Å². The normalized spacial score (nSPS) is 15.1. The summed E-state index contributed by atoms with van der Waals surface area (Å²) in [6.45, 7) is 11.3. The monoisotopic (exact) mass is 427 g/mol. The maximum absolute atomic E-state index is 12.6. The van der Waals surface area contributed by atoms with E-state index in [1.54, 1.807) is 6.07 Å². The number of morpholine rings is 1. The molecule has 3 heterocycles. The molecular weight excluding hydrogens is 396 g/mol. The number of hydrogen-bond donors (Lipinski definition) is 2. The molecular formula is C24H31N2O5+. The molecule has 4 rings (SSSR count). The molecule has 0 unspecified atom stereocenters. The van der Waals surface area contributed by atoms with Crippen molar-refractivity contribution in [2.45, 2.75) is 40.0 Å². The SMILES string of the molecule is Cc1oc2cc3oc(=O)c(CCC(=O)NCCC[NH+]4CCOCC4)c(C)c3cc2c1C. The van der Waals surface area contributed by atoms with Gasteiger partial charge in [-0.15, -0.1) is 0 Å². The van der Waals surface area contributed by atoms with Gasteiger partial charge in [0.25, 0.3) is 0 Å². The number of carbonyl (C=O) groups excluding carboxylic acids is 1. The Morgan fingerprint density at radius 2 is 1.74 bits per heavy atom. The summed E-state index contributed by atoms with van der Waals surface area (Å²) in [5.41, 5.74) is 3.38. The van der Waals surface area contributed by atoms with Crippen LogP contribution in [0.3, 0.4) is 0 Å². The average Bonchev–Trinajstić information content (AvgIpc) is 3.03. The van der Waals surface area contributed by atoms with E-state index in [-0.39, 0.29) is 18.0 Å². The minimum absolute atomic E-state index is 0.0346. The molecule has 0 atom stereocenters. The molecule has 31 heavy (non-hydrogen) atoms. The molecule has 7 heteroatoms. The number of quaternary nitrogens is 1. The molecule has 1 amide bonds. The zero-order chi connectivity index (χ0) is 22.0. The second-order valence-electron chi connectivity index (χ2n) is 8.44. The van der Waals surface area contributed by atoms with Crippen LogP contribution in [-0.4, -0.2) is 45.3 Å².